The zero-order chi connectivity index (χ0) is 10.6. The summed E-state index contributed by atoms with van der Waals surface area (Å²) in [6, 6.07) is 5.60. The van der Waals surface area contributed by atoms with Crippen LogP contribution in [0.1, 0.15) is 18.0 Å². The molecule has 0 heterocycles. The fraction of sp³-hybridized carbons (Fsp3) is 0.300. The van der Waals surface area contributed by atoms with E-state index < -0.39 is 11.9 Å². The smallest absolute Gasteiger partial charge is 0.128 e. The highest BCUT2D eigenvalue weighted by atomic mass is 35.5. The highest BCUT2D eigenvalue weighted by Crippen LogP contribution is 2.22. The molecule has 0 saturated heterocycles. The van der Waals surface area contributed by atoms with E-state index in [1.54, 1.807) is 0 Å². The number of benzene rings is 1. The van der Waals surface area contributed by atoms with E-state index in [0.29, 0.717) is 11.3 Å². The number of nitrogens with two attached hydrogens (primary N) is 1. The first-order chi connectivity index (χ1) is 6.69. The standard InChI is InChI=1S/C10H11FN2O.ClH/c1-14-7-2-3-9(11)8(6-7)10(13)4-5-12;/h2-3,6,10H,4,13H2,1H3;1H/t10-;/m0./s1. The number of hydrogen-bond donors (Lipinski definition) is 1. The second-order valence-electron chi connectivity index (χ2n) is 2.86. The molecule has 0 aliphatic rings. The fourth-order valence-electron chi connectivity index (χ4n) is 1.14. The summed E-state index contributed by atoms with van der Waals surface area (Å²) in [6.45, 7) is 0. The van der Waals surface area contributed by atoms with Gasteiger partial charge in [0.2, 0.25) is 0 Å². The molecule has 0 fully saturated rings. The lowest BCUT2D eigenvalue weighted by molar-refractivity contribution is 0.412. The van der Waals surface area contributed by atoms with Crippen LogP contribution < -0.4 is 10.5 Å². The summed E-state index contributed by atoms with van der Waals surface area (Å²) >= 11 is 0. The van der Waals surface area contributed by atoms with Crippen LogP contribution >= 0.6 is 12.4 Å². The van der Waals surface area contributed by atoms with Crippen molar-refractivity contribution < 1.29 is 9.13 Å². The van der Waals surface area contributed by atoms with Gasteiger partial charge in [-0.05, 0) is 18.2 Å². The van der Waals surface area contributed by atoms with Crippen LogP contribution in [0.2, 0.25) is 0 Å². The van der Waals surface area contributed by atoms with Gasteiger partial charge in [-0.25, -0.2) is 4.39 Å². The number of nitrogens with zero attached hydrogens (tertiary/aromatic N) is 1. The third-order valence-electron chi connectivity index (χ3n) is 1.91. The van der Waals surface area contributed by atoms with Crippen LogP contribution in [0.25, 0.3) is 0 Å². The maximum atomic E-state index is 13.2. The summed E-state index contributed by atoms with van der Waals surface area (Å²) in [6.07, 6.45) is 0.0874. The molecule has 0 saturated carbocycles. The Kier molecular flexibility index (Phi) is 5.68. The largest absolute Gasteiger partial charge is 0.497 e. The SMILES string of the molecule is COc1ccc(F)c([C@@H](N)CC#N)c1.Cl. The number of halogens is 2. The lowest BCUT2D eigenvalue weighted by atomic mass is 10.0. The third-order valence-corrected chi connectivity index (χ3v) is 1.91. The zero-order valence-electron chi connectivity index (χ0n) is 8.24. The third kappa shape index (κ3) is 3.39. The lowest BCUT2D eigenvalue weighted by Gasteiger charge is -2.10. The Morgan fingerprint density at radius 1 is 1.60 bits per heavy atom. The van der Waals surface area contributed by atoms with Crippen molar-refractivity contribution in [1.82, 2.24) is 0 Å². The van der Waals surface area contributed by atoms with Crippen LogP contribution in [-0.2, 0) is 0 Å². The molecule has 82 valence electrons. The van der Waals surface area contributed by atoms with Crippen molar-refractivity contribution in [3.8, 4) is 11.8 Å². The molecule has 0 spiro atoms. The van der Waals surface area contributed by atoms with Crippen molar-refractivity contribution in [1.29, 1.82) is 5.26 Å². The van der Waals surface area contributed by atoms with Gasteiger partial charge in [-0.3, -0.25) is 0 Å². The van der Waals surface area contributed by atoms with Crippen LogP contribution in [0, 0.1) is 17.1 Å². The Hall–Kier alpha value is -1.31. The number of nitriles is 1. The molecule has 1 aromatic rings. The maximum absolute atomic E-state index is 13.2. The summed E-state index contributed by atoms with van der Waals surface area (Å²) in [7, 11) is 1.49. The number of hydrogen-bond acceptors (Lipinski definition) is 3. The normalized spacial score (nSPS) is 11.1. The fourth-order valence-corrected chi connectivity index (χ4v) is 1.14. The van der Waals surface area contributed by atoms with Crippen LogP contribution in [0.5, 0.6) is 5.75 Å². The first-order valence-electron chi connectivity index (χ1n) is 4.15. The zero-order valence-corrected chi connectivity index (χ0v) is 9.05. The highest BCUT2D eigenvalue weighted by Gasteiger charge is 2.11. The first-order valence-corrected chi connectivity index (χ1v) is 4.15. The molecule has 1 atom stereocenters. The minimum atomic E-state index is -0.602. The topological polar surface area (TPSA) is 59.0 Å². The highest BCUT2D eigenvalue weighted by molar-refractivity contribution is 5.85. The van der Waals surface area contributed by atoms with Gasteiger partial charge in [0, 0.05) is 11.6 Å². The van der Waals surface area contributed by atoms with Crippen molar-refractivity contribution in [2.45, 2.75) is 12.5 Å². The number of methoxy groups -OCH3 is 1. The average molecular weight is 231 g/mol. The molecule has 0 aromatic heterocycles. The molecule has 0 bridgehead atoms. The second-order valence-corrected chi connectivity index (χ2v) is 2.86. The van der Waals surface area contributed by atoms with Crippen molar-refractivity contribution in [3.63, 3.8) is 0 Å². The van der Waals surface area contributed by atoms with E-state index in [2.05, 4.69) is 0 Å². The van der Waals surface area contributed by atoms with Crippen molar-refractivity contribution in [2.75, 3.05) is 7.11 Å². The van der Waals surface area contributed by atoms with Crippen molar-refractivity contribution >= 4 is 12.4 Å². The summed E-state index contributed by atoms with van der Waals surface area (Å²) in [5.74, 6) is 0.128. The predicted octanol–water partition coefficient (Wildman–Crippen LogP) is 2.17. The van der Waals surface area contributed by atoms with Gasteiger partial charge < -0.3 is 10.5 Å². The Morgan fingerprint density at radius 3 is 2.80 bits per heavy atom. The van der Waals surface area contributed by atoms with Crippen LogP contribution in [0.4, 0.5) is 4.39 Å². The molecule has 1 rings (SSSR count). The van der Waals surface area contributed by atoms with E-state index >= 15 is 0 Å². The monoisotopic (exact) mass is 230 g/mol. The number of ether oxygens (including phenoxy) is 1. The van der Waals surface area contributed by atoms with Crippen molar-refractivity contribution in [3.05, 3.63) is 29.6 Å². The first kappa shape index (κ1) is 13.7. The van der Waals surface area contributed by atoms with Gasteiger partial charge >= 0.3 is 0 Å². The van der Waals surface area contributed by atoms with Crippen molar-refractivity contribution in [2.24, 2.45) is 5.73 Å². The molecule has 3 nitrogen and oxygen atoms in total. The molecule has 1 aromatic carbocycles. The molecule has 0 radical (unpaired) electrons. The van der Waals surface area contributed by atoms with Gasteiger partial charge in [0.15, 0.2) is 0 Å². The van der Waals surface area contributed by atoms with E-state index in [-0.39, 0.29) is 18.8 Å². The van der Waals surface area contributed by atoms with Gasteiger partial charge in [0.25, 0.3) is 0 Å². The van der Waals surface area contributed by atoms with Gasteiger partial charge in [-0.2, -0.15) is 5.26 Å². The molecular formula is C10H12ClFN2O. The quantitative estimate of drug-likeness (QED) is 0.866. The molecule has 0 unspecified atom stereocenters. The Morgan fingerprint density at radius 2 is 2.27 bits per heavy atom. The van der Waals surface area contributed by atoms with E-state index in [1.165, 1.54) is 25.3 Å². The van der Waals surface area contributed by atoms with Gasteiger partial charge in [-0.15, -0.1) is 12.4 Å². The predicted molar refractivity (Wildman–Crippen MR) is 57.4 cm³/mol. The van der Waals surface area contributed by atoms with E-state index in [9.17, 15) is 4.39 Å². The van der Waals surface area contributed by atoms with Gasteiger partial charge in [-0.1, -0.05) is 0 Å². The van der Waals surface area contributed by atoms with E-state index in [0.717, 1.165) is 0 Å². The lowest BCUT2D eigenvalue weighted by Crippen LogP contribution is -2.11. The summed E-state index contributed by atoms with van der Waals surface area (Å²) in [4.78, 5) is 0. The minimum absolute atomic E-state index is 0. The average Bonchev–Trinajstić information content (AvgIpc) is 2.19. The van der Waals surface area contributed by atoms with Gasteiger partial charge in [0.05, 0.1) is 19.6 Å². The Bertz CT molecular complexity index is 365. The Labute approximate surface area is 94.1 Å². The molecule has 2 N–H and O–H groups in total. The van der Waals surface area contributed by atoms with E-state index in [1.807, 2.05) is 6.07 Å². The summed E-state index contributed by atoms with van der Waals surface area (Å²) in [5, 5.41) is 8.43. The number of rotatable bonds is 3. The molecule has 15 heavy (non-hydrogen) atoms. The minimum Gasteiger partial charge on any atom is -0.497 e. The molecule has 5 heteroatoms. The maximum Gasteiger partial charge on any atom is 0.128 e. The summed E-state index contributed by atoms with van der Waals surface area (Å²) < 4.78 is 18.2. The molecular weight excluding hydrogens is 219 g/mol. The molecule has 0 amide bonds. The second kappa shape index (κ2) is 6.23. The van der Waals surface area contributed by atoms with Crippen LogP contribution in [0.3, 0.4) is 0 Å². The molecule has 0 aliphatic carbocycles. The Balaban J connectivity index is 0.00000196. The molecule has 0 aliphatic heterocycles. The van der Waals surface area contributed by atoms with Gasteiger partial charge in [0.1, 0.15) is 11.6 Å². The van der Waals surface area contributed by atoms with Crippen LogP contribution in [0.15, 0.2) is 18.2 Å². The van der Waals surface area contributed by atoms with Crippen LogP contribution in [-0.4, -0.2) is 7.11 Å². The summed E-state index contributed by atoms with van der Waals surface area (Å²) in [5.41, 5.74) is 5.92. The van der Waals surface area contributed by atoms with E-state index in [4.69, 9.17) is 15.7 Å².